The molecular formula is C17H21N3. The fourth-order valence-corrected chi connectivity index (χ4v) is 2.79. The molecule has 1 aromatic carbocycles. The second-order valence-electron chi connectivity index (χ2n) is 5.47. The fourth-order valence-electron chi connectivity index (χ4n) is 2.79. The van der Waals surface area contributed by atoms with Crippen molar-refractivity contribution >= 4 is 11.5 Å². The zero-order valence-corrected chi connectivity index (χ0v) is 11.9. The first kappa shape index (κ1) is 13.1. The first-order valence-electron chi connectivity index (χ1n) is 7.32. The molecule has 2 heterocycles. The number of fused-ring (bicyclic) bond motifs is 1. The number of hydrogen-bond donors (Lipinski definition) is 1. The molecule has 20 heavy (non-hydrogen) atoms. The first-order valence-corrected chi connectivity index (χ1v) is 7.32. The quantitative estimate of drug-likeness (QED) is 0.904. The molecule has 3 nitrogen and oxygen atoms in total. The van der Waals surface area contributed by atoms with E-state index in [0.29, 0.717) is 0 Å². The number of hydrogen-bond acceptors (Lipinski definition) is 3. The van der Waals surface area contributed by atoms with Crippen LogP contribution in [0.2, 0.25) is 0 Å². The molecular weight excluding hydrogens is 246 g/mol. The van der Waals surface area contributed by atoms with Gasteiger partial charge < -0.3 is 10.6 Å². The van der Waals surface area contributed by atoms with E-state index < -0.39 is 0 Å². The average molecular weight is 267 g/mol. The molecule has 0 aliphatic carbocycles. The van der Waals surface area contributed by atoms with E-state index in [1.54, 1.807) is 0 Å². The van der Waals surface area contributed by atoms with E-state index in [9.17, 15) is 0 Å². The van der Waals surface area contributed by atoms with Gasteiger partial charge in [0, 0.05) is 24.5 Å². The lowest BCUT2D eigenvalue weighted by molar-refractivity contribution is 0.755. The van der Waals surface area contributed by atoms with Gasteiger partial charge >= 0.3 is 0 Å². The van der Waals surface area contributed by atoms with Crippen LogP contribution in [0, 0.1) is 0 Å². The molecule has 0 bridgehead atoms. The third-order valence-corrected chi connectivity index (χ3v) is 3.93. The van der Waals surface area contributed by atoms with E-state index in [2.05, 4.69) is 40.2 Å². The normalized spacial score (nSPS) is 16.4. The van der Waals surface area contributed by atoms with E-state index in [-0.39, 0.29) is 6.04 Å². The molecule has 0 saturated carbocycles. The van der Waals surface area contributed by atoms with E-state index in [4.69, 9.17) is 5.73 Å². The van der Waals surface area contributed by atoms with Crippen LogP contribution in [-0.2, 0) is 6.42 Å². The van der Waals surface area contributed by atoms with E-state index in [1.807, 2.05) is 19.2 Å². The van der Waals surface area contributed by atoms with Crippen molar-refractivity contribution in [3.63, 3.8) is 0 Å². The lowest BCUT2D eigenvalue weighted by atomic mass is 10.1. The molecule has 0 saturated heterocycles. The maximum Gasteiger partial charge on any atom is 0.133 e. The minimum Gasteiger partial charge on any atom is -0.326 e. The van der Waals surface area contributed by atoms with Crippen LogP contribution in [-0.4, -0.2) is 11.5 Å². The summed E-state index contributed by atoms with van der Waals surface area (Å²) in [6.45, 7) is 3.03. The van der Waals surface area contributed by atoms with Gasteiger partial charge in [-0.15, -0.1) is 0 Å². The van der Waals surface area contributed by atoms with E-state index in [0.717, 1.165) is 24.3 Å². The lowest BCUT2D eigenvalue weighted by Gasteiger charge is -2.24. The molecule has 0 radical (unpaired) electrons. The third kappa shape index (κ3) is 2.54. The van der Waals surface area contributed by atoms with Crippen LogP contribution in [0.1, 0.15) is 36.9 Å². The number of aryl methyl sites for hydroxylation is 1. The highest BCUT2D eigenvalue weighted by Crippen LogP contribution is 2.32. The van der Waals surface area contributed by atoms with Crippen molar-refractivity contribution in [2.24, 2.45) is 5.73 Å². The molecule has 1 atom stereocenters. The Morgan fingerprint density at radius 3 is 2.90 bits per heavy atom. The summed E-state index contributed by atoms with van der Waals surface area (Å²) in [4.78, 5) is 6.88. The number of nitrogens with two attached hydrogens (primary N) is 1. The predicted octanol–water partition coefficient (Wildman–Crippen LogP) is 3.58. The summed E-state index contributed by atoms with van der Waals surface area (Å²) in [6, 6.07) is 12.8. The molecule has 104 valence electrons. The van der Waals surface area contributed by atoms with Gasteiger partial charge in [-0.05, 0) is 55.5 Å². The minimum absolute atomic E-state index is 0.0407. The second-order valence-corrected chi connectivity index (χ2v) is 5.47. The smallest absolute Gasteiger partial charge is 0.133 e. The minimum atomic E-state index is 0.0407. The van der Waals surface area contributed by atoms with Crippen LogP contribution in [0.4, 0.5) is 11.5 Å². The summed E-state index contributed by atoms with van der Waals surface area (Å²) in [6.07, 6.45) is 5.44. The SMILES string of the molecule is C[C@@H](N)c1ccnc(N2CCCCc3ccccc32)c1. The molecule has 2 aromatic rings. The Morgan fingerprint density at radius 1 is 1.20 bits per heavy atom. The number of anilines is 2. The van der Waals surface area contributed by atoms with Crippen LogP contribution in [0.3, 0.4) is 0 Å². The number of nitrogens with zero attached hydrogens (tertiary/aromatic N) is 2. The summed E-state index contributed by atoms with van der Waals surface area (Å²) >= 11 is 0. The zero-order chi connectivity index (χ0) is 13.9. The van der Waals surface area contributed by atoms with Gasteiger partial charge in [0.1, 0.15) is 5.82 Å². The maximum atomic E-state index is 5.99. The Hall–Kier alpha value is -1.87. The van der Waals surface area contributed by atoms with Crippen LogP contribution in [0.25, 0.3) is 0 Å². The lowest BCUT2D eigenvalue weighted by Crippen LogP contribution is -2.19. The Bertz CT molecular complexity index is 592. The van der Waals surface area contributed by atoms with E-state index in [1.165, 1.54) is 24.1 Å². The van der Waals surface area contributed by atoms with Gasteiger partial charge in [0.05, 0.1) is 0 Å². The summed E-state index contributed by atoms with van der Waals surface area (Å²) in [7, 11) is 0. The third-order valence-electron chi connectivity index (χ3n) is 3.93. The van der Waals surface area contributed by atoms with Gasteiger partial charge in [-0.1, -0.05) is 18.2 Å². The van der Waals surface area contributed by atoms with Gasteiger partial charge in [-0.3, -0.25) is 0 Å². The Morgan fingerprint density at radius 2 is 2.05 bits per heavy atom. The van der Waals surface area contributed by atoms with Gasteiger partial charge in [-0.25, -0.2) is 4.98 Å². The summed E-state index contributed by atoms with van der Waals surface area (Å²) in [5, 5.41) is 0. The van der Waals surface area contributed by atoms with Crippen molar-refractivity contribution in [1.82, 2.24) is 4.98 Å². The van der Waals surface area contributed by atoms with Crippen LogP contribution < -0.4 is 10.6 Å². The summed E-state index contributed by atoms with van der Waals surface area (Å²) in [5.41, 5.74) is 9.83. The number of rotatable bonds is 2. The Labute approximate surface area is 120 Å². The molecule has 0 fully saturated rings. The van der Waals surface area contributed by atoms with Gasteiger partial charge in [0.2, 0.25) is 0 Å². The van der Waals surface area contributed by atoms with Crippen LogP contribution in [0.5, 0.6) is 0 Å². The largest absolute Gasteiger partial charge is 0.326 e. The van der Waals surface area contributed by atoms with Crippen LogP contribution in [0.15, 0.2) is 42.6 Å². The molecule has 0 unspecified atom stereocenters. The standard InChI is InChI=1S/C17H21N3/c1-13(18)15-9-10-19-17(12-15)20-11-5-4-7-14-6-2-3-8-16(14)20/h2-3,6,8-10,12-13H,4-5,7,11,18H2,1H3/t13-/m1/s1. The van der Waals surface area contributed by atoms with Crippen molar-refractivity contribution in [3.8, 4) is 0 Å². The fraction of sp³-hybridized carbons (Fsp3) is 0.353. The Balaban J connectivity index is 2.03. The predicted molar refractivity (Wildman–Crippen MR) is 83.2 cm³/mol. The number of aromatic nitrogens is 1. The van der Waals surface area contributed by atoms with Gasteiger partial charge in [0.15, 0.2) is 0 Å². The Kier molecular flexibility index (Phi) is 3.70. The molecule has 1 aliphatic heterocycles. The molecule has 1 aromatic heterocycles. The first-order chi connectivity index (χ1) is 9.75. The highest BCUT2D eigenvalue weighted by Gasteiger charge is 2.17. The van der Waals surface area contributed by atoms with Crippen molar-refractivity contribution < 1.29 is 0 Å². The van der Waals surface area contributed by atoms with Crippen molar-refractivity contribution in [1.29, 1.82) is 0 Å². The second kappa shape index (κ2) is 5.63. The van der Waals surface area contributed by atoms with Gasteiger partial charge in [-0.2, -0.15) is 0 Å². The highest BCUT2D eigenvalue weighted by molar-refractivity contribution is 5.64. The van der Waals surface area contributed by atoms with E-state index >= 15 is 0 Å². The molecule has 3 rings (SSSR count). The number of para-hydroxylation sites is 1. The summed E-state index contributed by atoms with van der Waals surface area (Å²) in [5.74, 6) is 1.01. The van der Waals surface area contributed by atoms with Crippen molar-refractivity contribution in [2.75, 3.05) is 11.4 Å². The summed E-state index contributed by atoms with van der Waals surface area (Å²) < 4.78 is 0. The van der Waals surface area contributed by atoms with Gasteiger partial charge in [0.25, 0.3) is 0 Å². The zero-order valence-electron chi connectivity index (χ0n) is 11.9. The van der Waals surface area contributed by atoms with Crippen molar-refractivity contribution in [2.45, 2.75) is 32.2 Å². The van der Waals surface area contributed by atoms with Crippen molar-refractivity contribution in [3.05, 3.63) is 53.7 Å². The monoisotopic (exact) mass is 267 g/mol. The average Bonchev–Trinajstić information content (AvgIpc) is 2.69. The molecule has 1 aliphatic rings. The van der Waals surface area contributed by atoms with Crippen LogP contribution >= 0.6 is 0 Å². The molecule has 0 spiro atoms. The molecule has 0 amide bonds. The number of pyridine rings is 1. The topological polar surface area (TPSA) is 42.1 Å². The maximum absolute atomic E-state index is 5.99. The molecule has 2 N–H and O–H groups in total. The highest BCUT2D eigenvalue weighted by atomic mass is 15.2. The number of benzene rings is 1. The molecule has 3 heteroatoms.